The molecule has 0 radical (unpaired) electrons. The third-order valence-corrected chi connectivity index (χ3v) is 0.253. The molecule has 0 rings (SSSR count). The van der Waals surface area contributed by atoms with Crippen molar-refractivity contribution in [3.63, 3.8) is 0 Å². The second-order valence-electron chi connectivity index (χ2n) is 0.631. The minimum Gasteiger partial charge on any atom is -0.472 e. The van der Waals surface area contributed by atoms with Gasteiger partial charge in [-0.3, -0.25) is 0 Å². The van der Waals surface area contributed by atoms with Crippen molar-refractivity contribution >= 4 is 0 Å². The molecule has 0 heterocycles. The predicted octanol–water partition coefficient (Wildman–Crippen LogP) is 0.576. The Morgan fingerprint density at radius 1 is 1.67 bits per heavy atom. The lowest BCUT2D eigenvalue weighted by Crippen LogP contribution is -1.74. The van der Waals surface area contributed by atoms with Gasteiger partial charge in [0.05, 0.1) is 6.26 Å². The third kappa shape index (κ3) is 3.08. The van der Waals surface area contributed by atoms with E-state index >= 15 is 0 Å². The molecule has 34 valence electrons. The molecule has 2 nitrogen and oxygen atoms in total. The maximum Gasteiger partial charge on any atom is 0.106 e. The van der Waals surface area contributed by atoms with Crippen molar-refractivity contribution in [2.75, 3.05) is 0 Å². The Morgan fingerprint density at radius 2 is 2.33 bits per heavy atom. The average molecular weight is 85.1 g/mol. The zero-order chi connectivity index (χ0) is 4.83. The summed E-state index contributed by atoms with van der Waals surface area (Å²) in [5.41, 5.74) is 4.86. The van der Waals surface area contributed by atoms with Crippen LogP contribution in [-0.2, 0) is 4.74 Å². The van der Waals surface area contributed by atoms with E-state index in [2.05, 4.69) is 11.3 Å². The first-order chi connectivity index (χ1) is 2.91. The standard InChI is InChI=1S/C4H7NO/c1-2-6-4-3-5/h2-4H,1,5H2/b4-3-. The van der Waals surface area contributed by atoms with Crippen LogP contribution in [0.5, 0.6) is 0 Å². The van der Waals surface area contributed by atoms with Crippen LogP contribution in [0.15, 0.2) is 25.3 Å². The molecule has 0 aliphatic rings. The van der Waals surface area contributed by atoms with E-state index in [1.807, 2.05) is 0 Å². The van der Waals surface area contributed by atoms with Crippen LogP contribution in [-0.4, -0.2) is 0 Å². The molecule has 0 spiro atoms. The van der Waals surface area contributed by atoms with Crippen molar-refractivity contribution in [2.45, 2.75) is 0 Å². The Kier molecular flexibility index (Phi) is 3.45. The number of hydrogen-bond acceptors (Lipinski definition) is 2. The summed E-state index contributed by atoms with van der Waals surface area (Å²) in [6.45, 7) is 3.27. The highest BCUT2D eigenvalue weighted by Crippen LogP contribution is 1.68. The zero-order valence-electron chi connectivity index (χ0n) is 3.42. The van der Waals surface area contributed by atoms with E-state index in [-0.39, 0.29) is 0 Å². The maximum absolute atomic E-state index is 4.86. The molecule has 0 aromatic heterocycles. The van der Waals surface area contributed by atoms with Gasteiger partial charge in [0.25, 0.3) is 0 Å². The minimum atomic E-state index is 1.29. The second kappa shape index (κ2) is 4.08. The summed E-state index contributed by atoms with van der Waals surface area (Å²) in [6, 6.07) is 0. The molecule has 0 amide bonds. The second-order valence-corrected chi connectivity index (χ2v) is 0.631. The molecule has 0 saturated carbocycles. The molecule has 0 unspecified atom stereocenters. The highest BCUT2D eigenvalue weighted by Gasteiger charge is 1.53. The topological polar surface area (TPSA) is 35.2 Å². The van der Waals surface area contributed by atoms with Gasteiger partial charge in [0.15, 0.2) is 0 Å². The smallest absolute Gasteiger partial charge is 0.106 e. The van der Waals surface area contributed by atoms with Crippen molar-refractivity contribution in [2.24, 2.45) is 5.73 Å². The van der Waals surface area contributed by atoms with Gasteiger partial charge in [0.1, 0.15) is 6.26 Å². The number of ether oxygens (including phenoxy) is 1. The molecule has 0 aliphatic heterocycles. The van der Waals surface area contributed by atoms with Crippen molar-refractivity contribution in [1.29, 1.82) is 0 Å². The Morgan fingerprint density at radius 3 is 2.50 bits per heavy atom. The van der Waals surface area contributed by atoms with E-state index in [4.69, 9.17) is 5.73 Å². The Hall–Kier alpha value is -0.920. The van der Waals surface area contributed by atoms with Crippen LogP contribution in [0, 0.1) is 0 Å². The Balaban J connectivity index is 2.85. The van der Waals surface area contributed by atoms with E-state index in [0.29, 0.717) is 0 Å². The number of hydrogen-bond donors (Lipinski definition) is 1. The molecule has 6 heavy (non-hydrogen) atoms. The first kappa shape index (κ1) is 5.08. The highest BCUT2D eigenvalue weighted by molar-refractivity contribution is 4.66. The van der Waals surface area contributed by atoms with E-state index in [0.717, 1.165) is 0 Å². The van der Waals surface area contributed by atoms with Crippen LogP contribution in [0.1, 0.15) is 0 Å². The van der Waals surface area contributed by atoms with Crippen LogP contribution < -0.4 is 5.73 Å². The molecule has 0 aromatic rings. The van der Waals surface area contributed by atoms with Crippen LogP contribution in [0.4, 0.5) is 0 Å². The number of rotatable bonds is 2. The summed E-state index contributed by atoms with van der Waals surface area (Å²) < 4.78 is 4.44. The first-order valence-electron chi connectivity index (χ1n) is 1.55. The summed E-state index contributed by atoms with van der Waals surface area (Å²) in [4.78, 5) is 0. The average Bonchev–Trinajstić information content (AvgIpc) is 1.61. The molecule has 2 N–H and O–H groups in total. The molecule has 0 fully saturated rings. The summed E-state index contributed by atoms with van der Waals surface area (Å²) in [5, 5.41) is 0. The van der Waals surface area contributed by atoms with Crippen LogP contribution in [0.2, 0.25) is 0 Å². The third-order valence-electron chi connectivity index (χ3n) is 0.253. The van der Waals surface area contributed by atoms with Crippen molar-refractivity contribution in [1.82, 2.24) is 0 Å². The molecule has 2 heteroatoms. The van der Waals surface area contributed by atoms with Gasteiger partial charge >= 0.3 is 0 Å². The van der Waals surface area contributed by atoms with Crippen LogP contribution in [0.25, 0.3) is 0 Å². The Bertz CT molecular complexity index is 58.6. The predicted molar refractivity (Wildman–Crippen MR) is 24.6 cm³/mol. The fraction of sp³-hybridized carbons (Fsp3) is 0. The summed E-state index contributed by atoms with van der Waals surface area (Å²) >= 11 is 0. The molecular formula is C4H7NO. The number of nitrogens with two attached hydrogens (primary N) is 1. The molecule has 0 aliphatic carbocycles. The van der Waals surface area contributed by atoms with Crippen molar-refractivity contribution in [3.8, 4) is 0 Å². The maximum atomic E-state index is 4.86. The quantitative estimate of drug-likeness (QED) is 0.498. The van der Waals surface area contributed by atoms with Crippen molar-refractivity contribution in [3.05, 3.63) is 25.3 Å². The van der Waals surface area contributed by atoms with Gasteiger partial charge in [-0.05, 0) is 0 Å². The summed E-state index contributed by atoms with van der Waals surface area (Å²) in [6.07, 6.45) is 3.93. The fourth-order valence-electron chi connectivity index (χ4n) is 0.101. The van der Waals surface area contributed by atoms with Gasteiger partial charge < -0.3 is 10.5 Å². The fourth-order valence-corrected chi connectivity index (χ4v) is 0.101. The summed E-state index contributed by atoms with van der Waals surface area (Å²) in [7, 11) is 0. The normalized spacial score (nSPS) is 8.67. The lowest BCUT2D eigenvalue weighted by Gasteiger charge is -1.79. The first-order valence-corrected chi connectivity index (χ1v) is 1.55. The largest absolute Gasteiger partial charge is 0.472 e. The zero-order valence-corrected chi connectivity index (χ0v) is 3.42. The van der Waals surface area contributed by atoms with E-state index in [1.165, 1.54) is 18.7 Å². The highest BCUT2D eigenvalue weighted by atomic mass is 16.5. The van der Waals surface area contributed by atoms with Gasteiger partial charge in [-0.15, -0.1) is 0 Å². The van der Waals surface area contributed by atoms with Gasteiger partial charge in [-0.1, -0.05) is 6.58 Å². The van der Waals surface area contributed by atoms with Crippen LogP contribution in [0.3, 0.4) is 0 Å². The minimum absolute atomic E-state index is 1.29. The van der Waals surface area contributed by atoms with Gasteiger partial charge in [0.2, 0.25) is 0 Å². The monoisotopic (exact) mass is 85.1 g/mol. The molecule has 0 saturated heterocycles. The SMILES string of the molecule is C=CO/C=C\N. The van der Waals surface area contributed by atoms with E-state index < -0.39 is 0 Å². The van der Waals surface area contributed by atoms with Crippen LogP contribution >= 0.6 is 0 Å². The van der Waals surface area contributed by atoms with Gasteiger partial charge in [-0.25, -0.2) is 0 Å². The van der Waals surface area contributed by atoms with E-state index in [1.54, 1.807) is 0 Å². The lowest BCUT2D eigenvalue weighted by molar-refractivity contribution is 0.403. The summed E-state index contributed by atoms with van der Waals surface area (Å²) in [5.74, 6) is 0. The van der Waals surface area contributed by atoms with Crippen molar-refractivity contribution < 1.29 is 4.74 Å². The lowest BCUT2D eigenvalue weighted by atomic mass is 11.0. The Labute approximate surface area is 36.9 Å². The van der Waals surface area contributed by atoms with Gasteiger partial charge in [0, 0.05) is 6.20 Å². The van der Waals surface area contributed by atoms with Gasteiger partial charge in [-0.2, -0.15) is 0 Å². The molecule has 0 bridgehead atoms. The van der Waals surface area contributed by atoms with E-state index in [9.17, 15) is 0 Å². The molecule has 0 aromatic carbocycles. The molecule has 0 atom stereocenters. The molecular weight excluding hydrogens is 78.0 g/mol.